The third-order valence-corrected chi connectivity index (χ3v) is 5.57. The van der Waals surface area contributed by atoms with Gasteiger partial charge < -0.3 is 14.5 Å². The number of amides is 1. The number of carbonyl (C=O) groups excluding carboxylic acids is 1. The van der Waals surface area contributed by atoms with Crippen molar-refractivity contribution in [2.24, 2.45) is 0 Å². The lowest BCUT2D eigenvalue weighted by Gasteiger charge is -2.13. The first-order valence-corrected chi connectivity index (χ1v) is 10.1. The van der Waals surface area contributed by atoms with E-state index >= 15 is 0 Å². The number of benzene rings is 2. The van der Waals surface area contributed by atoms with Crippen LogP contribution in [0.5, 0.6) is 5.75 Å². The summed E-state index contributed by atoms with van der Waals surface area (Å²) in [5.74, 6) is 0.246. The maximum atomic E-state index is 12.2. The van der Waals surface area contributed by atoms with Gasteiger partial charge in [-0.05, 0) is 41.6 Å². The maximum absolute atomic E-state index is 12.2. The average Bonchev–Trinajstić information content (AvgIpc) is 3.27. The summed E-state index contributed by atoms with van der Waals surface area (Å²) in [6.07, 6.45) is 0. The van der Waals surface area contributed by atoms with Crippen LogP contribution in [0.2, 0.25) is 0 Å². The normalized spacial score (nSPS) is 11.9. The lowest BCUT2D eigenvalue weighted by Crippen LogP contribution is -2.30. The van der Waals surface area contributed by atoms with Gasteiger partial charge >= 0.3 is 5.63 Å². The zero-order valence-electron chi connectivity index (χ0n) is 15.8. The Morgan fingerprint density at radius 3 is 2.69 bits per heavy atom. The molecule has 4 rings (SSSR count). The number of nitrogens with one attached hydrogen (secondary N) is 1. The number of hydrogen-bond donors (Lipinski definition) is 1. The molecule has 5 nitrogen and oxygen atoms in total. The fraction of sp³-hybridized carbons (Fsp3) is 0.130. The summed E-state index contributed by atoms with van der Waals surface area (Å²) in [7, 11) is 0. The van der Waals surface area contributed by atoms with E-state index < -0.39 is 5.63 Å². The molecule has 0 bridgehead atoms. The highest BCUT2D eigenvalue weighted by Gasteiger charge is 2.12. The van der Waals surface area contributed by atoms with Gasteiger partial charge in [0.1, 0.15) is 11.3 Å². The minimum absolute atomic E-state index is 0.0749. The Labute approximate surface area is 171 Å². The molecule has 2 aromatic heterocycles. The van der Waals surface area contributed by atoms with Gasteiger partial charge in [0.05, 0.1) is 6.04 Å². The van der Waals surface area contributed by atoms with E-state index in [2.05, 4.69) is 5.32 Å². The molecule has 2 heterocycles. The van der Waals surface area contributed by atoms with Gasteiger partial charge in [-0.15, -0.1) is 11.3 Å². The van der Waals surface area contributed by atoms with Gasteiger partial charge in [-0.2, -0.15) is 0 Å². The topological polar surface area (TPSA) is 68.5 Å². The van der Waals surface area contributed by atoms with Crippen LogP contribution in [-0.4, -0.2) is 12.5 Å². The zero-order chi connectivity index (χ0) is 20.2. The van der Waals surface area contributed by atoms with Crippen LogP contribution in [0, 0.1) is 0 Å². The predicted octanol–water partition coefficient (Wildman–Crippen LogP) is 4.78. The first-order valence-electron chi connectivity index (χ1n) is 9.19. The Balaban J connectivity index is 1.51. The van der Waals surface area contributed by atoms with Crippen molar-refractivity contribution in [3.8, 4) is 16.9 Å². The van der Waals surface area contributed by atoms with Crippen LogP contribution in [0.1, 0.15) is 17.8 Å². The highest BCUT2D eigenvalue weighted by Crippen LogP contribution is 2.29. The standard InChI is InChI=1S/C23H19NO4S/c1-15(21-8-5-11-29-21)24-22(25)14-27-17-9-10-18-19(16-6-3-2-4-7-16)13-23(26)28-20(18)12-17/h2-13,15H,14H2,1H3,(H,24,25)/t15-/m1/s1. The van der Waals surface area contributed by atoms with Crippen molar-refractivity contribution >= 4 is 28.2 Å². The van der Waals surface area contributed by atoms with Gasteiger partial charge in [-0.3, -0.25) is 4.79 Å². The summed E-state index contributed by atoms with van der Waals surface area (Å²) in [6.45, 7) is 1.81. The fourth-order valence-electron chi connectivity index (χ4n) is 3.13. The summed E-state index contributed by atoms with van der Waals surface area (Å²) >= 11 is 1.59. The molecule has 0 radical (unpaired) electrons. The molecule has 1 N–H and O–H groups in total. The fourth-order valence-corrected chi connectivity index (χ4v) is 3.86. The number of thiophene rings is 1. The van der Waals surface area contributed by atoms with Gasteiger partial charge in [-0.1, -0.05) is 36.4 Å². The SMILES string of the molecule is C[C@@H](NC(=O)COc1ccc2c(-c3ccccc3)cc(=O)oc2c1)c1cccs1. The molecule has 0 saturated carbocycles. The number of carbonyl (C=O) groups is 1. The number of hydrogen-bond acceptors (Lipinski definition) is 5. The third kappa shape index (κ3) is 4.38. The van der Waals surface area contributed by atoms with Gasteiger partial charge in [0, 0.05) is 22.4 Å². The van der Waals surface area contributed by atoms with E-state index in [1.165, 1.54) is 6.07 Å². The molecule has 1 amide bonds. The van der Waals surface area contributed by atoms with Crippen molar-refractivity contribution in [1.82, 2.24) is 5.32 Å². The third-order valence-electron chi connectivity index (χ3n) is 4.52. The molecule has 0 saturated heterocycles. The maximum Gasteiger partial charge on any atom is 0.336 e. The van der Waals surface area contributed by atoms with Crippen LogP contribution >= 0.6 is 11.3 Å². The van der Waals surface area contributed by atoms with Crippen LogP contribution < -0.4 is 15.7 Å². The second kappa shape index (κ2) is 8.32. The molecular weight excluding hydrogens is 386 g/mol. The van der Waals surface area contributed by atoms with E-state index in [0.29, 0.717) is 11.3 Å². The number of ether oxygens (including phenoxy) is 1. The molecule has 0 unspecified atom stereocenters. The molecule has 0 spiro atoms. The molecule has 0 aliphatic rings. The second-order valence-electron chi connectivity index (χ2n) is 6.60. The molecule has 0 aliphatic carbocycles. The van der Waals surface area contributed by atoms with E-state index in [1.807, 2.05) is 60.8 Å². The van der Waals surface area contributed by atoms with Crippen molar-refractivity contribution < 1.29 is 13.9 Å². The second-order valence-corrected chi connectivity index (χ2v) is 7.58. The molecule has 146 valence electrons. The van der Waals surface area contributed by atoms with E-state index in [9.17, 15) is 9.59 Å². The molecule has 0 fully saturated rings. The lowest BCUT2D eigenvalue weighted by atomic mass is 10.0. The summed E-state index contributed by atoms with van der Waals surface area (Å²) in [4.78, 5) is 25.3. The van der Waals surface area contributed by atoms with E-state index in [4.69, 9.17) is 9.15 Å². The van der Waals surface area contributed by atoms with E-state index in [-0.39, 0.29) is 18.6 Å². The Kier molecular flexibility index (Phi) is 5.44. The Morgan fingerprint density at radius 2 is 1.93 bits per heavy atom. The summed E-state index contributed by atoms with van der Waals surface area (Å²) in [5.41, 5.74) is 1.71. The Morgan fingerprint density at radius 1 is 1.10 bits per heavy atom. The van der Waals surface area contributed by atoms with E-state index in [0.717, 1.165) is 21.4 Å². The van der Waals surface area contributed by atoms with Crippen molar-refractivity contribution in [3.63, 3.8) is 0 Å². The number of fused-ring (bicyclic) bond motifs is 1. The first-order chi connectivity index (χ1) is 14.1. The van der Waals surface area contributed by atoms with Crippen molar-refractivity contribution in [2.75, 3.05) is 6.61 Å². The van der Waals surface area contributed by atoms with Crippen molar-refractivity contribution in [1.29, 1.82) is 0 Å². The van der Waals surface area contributed by atoms with Gasteiger partial charge in [0.25, 0.3) is 5.91 Å². The molecule has 4 aromatic rings. The summed E-state index contributed by atoms with van der Waals surface area (Å²) in [5, 5.41) is 5.68. The van der Waals surface area contributed by atoms with Crippen LogP contribution in [0.4, 0.5) is 0 Å². The van der Waals surface area contributed by atoms with Gasteiger partial charge in [-0.25, -0.2) is 4.79 Å². The Bertz CT molecular complexity index is 1180. The van der Waals surface area contributed by atoms with Crippen molar-refractivity contribution in [3.05, 3.63) is 87.4 Å². The Hall–Kier alpha value is -3.38. The van der Waals surface area contributed by atoms with Crippen molar-refractivity contribution in [2.45, 2.75) is 13.0 Å². The lowest BCUT2D eigenvalue weighted by molar-refractivity contribution is -0.123. The molecule has 29 heavy (non-hydrogen) atoms. The minimum atomic E-state index is -0.434. The zero-order valence-corrected chi connectivity index (χ0v) is 16.6. The highest BCUT2D eigenvalue weighted by atomic mass is 32.1. The first kappa shape index (κ1) is 19.0. The molecular formula is C23H19NO4S. The summed E-state index contributed by atoms with van der Waals surface area (Å²) in [6, 6.07) is 20.2. The summed E-state index contributed by atoms with van der Waals surface area (Å²) < 4.78 is 11.0. The predicted molar refractivity (Wildman–Crippen MR) is 114 cm³/mol. The van der Waals surface area contributed by atoms with E-state index in [1.54, 1.807) is 23.5 Å². The molecule has 2 aromatic carbocycles. The molecule has 1 atom stereocenters. The van der Waals surface area contributed by atoms with Crippen LogP contribution in [0.25, 0.3) is 22.1 Å². The van der Waals surface area contributed by atoms with Crippen LogP contribution in [-0.2, 0) is 4.79 Å². The average molecular weight is 405 g/mol. The van der Waals surface area contributed by atoms with Crippen LogP contribution in [0.15, 0.2) is 81.3 Å². The monoisotopic (exact) mass is 405 g/mol. The van der Waals surface area contributed by atoms with Crippen LogP contribution in [0.3, 0.4) is 0 Å². The largest absolute Gasteiger partial charge is 0.484 e. The van der Waals surface area contributed by atoms with Gasteiger partial charge in [0.15, 0.2) is 6.61 Å². The highest BCUT2D eigenvalue weighted by molar-refractivity contribution is 7.10. The van der Waals surface area contributed by atoms with Gasteiger partial charge in [0.2, 0.25) is 0 Å². The number of rotatable bonds is 6. The quantitative estimate of drug-likeness (QED) is 0.469. The molecule has 6 heteroatoms. The molecule has 0 aliphatic heterocycles. The smallest absolute Gasteiger partial charge is 0.336 e. The minimum Gasteiger partial charge on any atom is -0.484 e.